The Hall–Kier alpha value is -1.41. The Balaban J connectivity index is 2.47. The Labute approximate surface area is 96.7 Å². The standard InChI is InChI=1S/C11H13FN2OS/c1-16(15)6-2-5-14-10-4-3-9(8-13)11(12)7-10/h3-4,7,14H,2,5-6H2,1H3. The first kappa shape index (κ1) is 12.7. The van der Waals surface area contributed by atoms with Gasteiger partial charge in [-0.25, -0.2) is 4.39 Å². The van der Waals surface area contributed by atoms with Gasteiger partial charge < -0.3 is 5.32 Å². The number of nitrogens with one attached hydrogen (secondary N) is 1. The van der Waals surface area contributed by atoms with Gasteiger partial charge in [0.15, 0.2) is 0 Å². The molecule has 0 fully saturated rings. The lowest BCUT2D eigenvalue weighted by Gasteiger charge is -2.05. The monoisotopic (exact) mass is 240 g/mol. The van der Waals surface area contributed by atoms with Gasteiger partial charge in [-0.15, -0.1) is 0 Å². The normalized spacial score (nSPS) is 11.8. The summed E-state index contributed by atoms with van der Waals surface area (Å²) < 4.78 is 24.0. The van der Waals surface area contributed by atoms with Crippen LogP contribution < -0.4 is 5.32 Å². The van der Waals surface area contributed by atoms with Crippen LogP contribution >= 0.6 is 0 Å². The lowest BCUT2D eigenvalue weighted by molar-refractivity contribution is 0.624. The summed E-state index contributed by atoms with van der Waals surface area (Å²) in [6, 6.07) is 6.15. The second-order valence-electron chi connectivity index (χ2n) is 3.36. The summed E-state index contributed by atoms with van der Waals surface area (Å²) in [5, 5.41) is 11.5. The third kappa shape index (κ3) is 3.99. The molecule has 1 aromatic rings. The number of halogens is 1. The molecule has 0 saturated carbocycles. The number of hydrogen-bond acceptors (Lipinski definition) is 3. The number of nitriles is 1. The van der Waals surface area contributed by atoms with Crippen LogP contribution in [0.5, 0.6) is 0 Å². The fourth-order valence-corrected chi connectivity index (χ4v) is 1.77. The van der Waals surface area contributed by atoms with Crippen LogP contribution in [0.4, 0.5) is 10.1 Å². The van der Waals surface area contributed by atoms with E-state index in [1.165, 1.54) is 12.1 Å². The summed E-state index contributed by atoms with van der Waals surface area (Å²) >= 11 is 0. The van der Waals surface area contributed by atoms with E-state index in [-0.39, 0.29) is 5.56 Å². The Bertz CT molecular complexity index is 428. The van der Waals surface area contributed by atoms with E-state index in [1.807, 2.05) is 0 Å². The molecule has 0 spiro atoms. The maximum Gasteiger partial charge on any atom is 0.143 e. The van der Waals surface area contributed by atoms with Crippen LogP contribution in [0.15, 0.2) is 18.2 Å². The average Bonchev–Trinajstić information content (AvgIpc) is 2.24. The molecular formula is C11H13FN2OS. The third-order valence-electron chi connectivity index (χ3n) is 2.03. The van der Waals surface area contributed by atoms with Crippen LogP contribution in [0.2, 0.25) is 0 Å². The highest BCUT2D eigenvalue weighted by Crippen LogP contribution is 2.13. The minimum absolute atomic E-state index is 0.0419. The van der Waals surface area contributed by atoms with Crippen molar-refractivity contribution in [3.63, 3.8) is 0 Å². The van der Waals surface area contributed by atoms with Gasteiger partial charge in [0.1, 0.15) is 11.9 Å². The third-order valence-corrected chi connectivity index (χ3v) is 2.89. The fraction of sp³-hybridized carbons (Fsp3) is 0.364. The van der Waals surface area contributed by atoms with E-state index in [0.717, 1.165) is 6.42 Å². The van der Waals surface area contributed by atoms with E-state index in [2.05, 4.69) is 5.32 Å². The van der Waals surface area contributed by atoms with E-state index < -0.39 is 16.6 Å². The molecule has 1 aromatic carbocycles. The van der Waals surface area contributed by atoms with Gasteiger partial charge in [0.05, 0.1) is 5.56 Å². The van der Waals surface area contributed by atoms with Gasteiger partial charge in [-0.3, -0.25) is 4.21 Å². The number of anilines is 1. The highest BCUT2D eigenvalue weighted by molar-refractivity contribution is 7.84. The highest BCUT2D eigenvalue weighted by Gasteiger charge is 2.01. The molecule has 1 atom stereocenters. The number of benzene rings is 1. The van der Waals surface area contributed by atoms with Crippen molar-refractivity contribution in [2.45, 2.75) is 6.42 Å². The Morgan fingerprint density at radius 2 is 2.31 bits per heavy atom. The lowest BCUT2D eigenvalue weighted by atomic mass is 10.2. The molecule has 0 amide bonds. The topological polar surface area (TPSA) is 52.9 Å². The molecule has 5 heteroatoms. The van der Waals surface area contributed by atoms with Gasteiger partial charge in [0, 0.05) is 35.0 Å². The molecular weight excluding hydrogens is 227 g/mol. The van der Waals surface area contributed by atoms with Crippen molar-refractivity contribution in [3.8, 4) is 6.07 Å². The lowest BCUT2D eigenvalue weighted by Crippen LogP contribution is -2.06. The number of hydrogen-bond donors (Lipinski definition) is 1. The van der Waals surface area contributed by atoms with Crippen molar-refractivity contribution in [3.05, 3.63) is 29.6 Å². The summed E-state index contributed by atoms with van der Waals surface area (Å²) in [5.41, 5.74) is 0.679. The summed E-state index contributed by atoms with van der Waals surface area (Å²) in [5.74, 6) is 0.109. The first-order valence-electron chi connectivity index (χ1n) is 4.87. The molecule has 0 aliphatic rings. The van der Waals surface area contributed by atoms with Gasteiger partial charge in [-0.05, 0) is 24.6 Å². The van der Waals surface area contributed by atoms with Gasteiger partial charge >= 0.3 is 0 Å². The molecule has 0 aliphatic carbocycles. The molecule has 0 heterocycles. The zero-order chi connectivity index (χ0) is 12.0. The molecule has 3 nitrogen and oxygen atoms in total. The molecule has 0 aromatic heterocycles. The van der Waals surface area contributed by atoms with E-state index in [9.17, 15) is 8.60 Å². The molecule has 86 valence electrons. The van der Waals surface area contributed by atoms with Crippen LogP contribution in [0.25, 0.3) is 0 Å². The minimum atomic E-state index is -0.790. The quantitative estimate of drug-likeness (QED) is 0.799. The van der Waals surface area contributed by atoms with Crippen LogP contribution in [0.1, 0.15) is 12.0 Å². The molecule has 0 saturated heterocycles. The molecule has 1 rings (SSSR count). The predicted octanol–water partition coefficient (Wildman–Crippen LogP) is 1.88. The molecule has 1 N–H and O–H groups in total. The maximum atomic E-state index is 13.2. The van der Waals surface area contributed by atoms with Gasteiger partial charge in [-0.2, -0.15) is 5.26 Å². The van der Waals surface area contributed by atoms with E-state index in [1.54, 1.807) is 18.4 Å². The number of rotatable bonds is 5. The number of nitrogens with zero attached hydrogens (tertiary/aromatic N) is 1. The van der Waals surface area contributed by atoms with Crippen molar-refractivity contribution in [1.29, 1.82) is 5.26 Å². The first-order valence-corrected chi connectivity index (χ1v) is 6.59. The second kappa shape index (κ2) is 6.23. The average molecular weight is 240 g/mol. The largest absolute Gasteiger partial charge is 0.385 e. The minimum Gasteiger partial charge on any atom is -0.385 e. The summed E-state index contributed by atoms with van der Waals surface area (Å²) in [6.07, 6.45) is 2.42. The SMILES string of the molecule is CS(=O)CCCNc1ccc(C#N)c(F)c1. The molecule has 0 radical (unpaired) electrons. The zero-order valence-corrected chi connectivity index (χ0v) is 9.81. The van der Waals surface area contributed by atoms with Crippen LogP contribution in [0.3, 0.4) is 0 Å². The molecule has 16 heavy (non-hydrogen) atoms. The van der Waals surface area contributed by atoms with E-state index in [0.29, 0.717) is 18.0 Å². The van der Waals surface area contributed by atoms with E-state index >= 15 is 0 Å². The van der Waals surface area contributed by atoms with Crippen molar-refractivity contribution < 1.29 is 8.60 Å². The van der Waals surface area contributed by atoms with Crippen LogP contribution in [-0.2, 0) is 10.8 Å². The first-order chi connectivity index (χ1) is 7.63. The van der Waals surface area contributed by atoms with Crippen molar-refractivity contribution in [2.24, 2.45) is 0 Å². The maximum absolute atomic E-state index is 13.2. The second-order valence-corrected chi connectivity index (χ2v) is 4.92. The van der Waals surface area contributed by atoms with Gasteiger partial charge in [0.2, 0.25) is 0 Å². The Kier molecular flexibility index (Phi) is 4.93. The molecule has 1 unspecified atom stereocenters. The van der Waals surface area contributed by atoms with E-state index in [4.69, 9.17) is 5.26 Å². The summed E-state index contributed by atoms with van der Waals surface area (Å²) in [6.45, 7) is 0.644. The molecule has 0 bridgehead atoms. The van der Waals surface area contributed by atoms with Crippen molar-refractivity contribution in [1.82, 2.24) is 0 Å². The van der Waals surface area contributed by atoms with Crippen LogP contribution in [-0.4, -0.2) is 22.8 Å². The zero-order valence-electron chi connectivity index (χ0n) is 9.00. The van der Waals surface area contributed by atoms with Gasteiger partial charge in [0.25, 0.3) is 0 Å². The fourth-order valence-electron chi connectivity index (χ4n) is 1.22. The molecule has 0 aliphatic heterocycles. The summed E-state index contributed by atoms with van der Waals surface area (Å²) in [4.78, 5) is 0. The van der Waals surface area contributed by atoms with Crippen LogP contribution in [0, 0.1) is 17.1 Å². The summed E-state index contributed by atoms with van der Waals surface area (Å²) in [7, 11) is -0.790. The van der Waals surface area contributed by atoms with Gasteiger partial charge in [-0.1, -0.05) is 0 Å². The smallest absolute Gasteiger partial charge is 0.143 e. The predicted molar refractivity (Wildman–Crippen MR) is 63.2 cm³/mol. The van der Waals surface area contributed by atoms with Crippen molar-refractivity contribution in [2.75, 3.05) is 23.9 Å². The Morgan fingerprint density at radius 1 is 1.56 bits per heavy atom. The Morgan fingerprint density at radius 3 is 2.88 bits per heavy atom. The highest BCUT2D eigenvalue weighted by atomic mass is 32.2. The van der Waals surface area contributed by atoms with Crippen molar-refractivity contribution >= 4 is 16.5 Å².